The molecule has 0 unspecified atom stereocenters. The minimum atomic E-state index is -0.152. The number of imidazole rings is 1. The number of benzene rings is 1. The Bertz CT molecular complexity index is 465. The molecule has 0 saturated carbocycles. The highest BCUT2D eigenvalue weighted by Gasteiger charge is 2.03. The number of aryl methyl sites for hydroxylation is 2. The lowest BCUT2D eigenvalue weighted by Gasteiger charge is -2.01. The van der Waals surface area contributed by atoms with Crippen LogP contribution in [0.4, 0.5) is 4.39 Å². The van der Waals surface area contributed by atoms with E-state index in [1.165, 1.54) is 6.07 Å². The first-order valence-electron chi connectivity index (χ1n) is 5.26. The molecule has 1 heterocycles. The molecule has 0 aliphatic rings. The van der Waals surface area contributed by atoms with Crippen molar-refractivity contribution in [3.8, 4) is 0 Å². The van der Waals surface area contributed by atoms with E-state index >= 15 is 0 Å². The first-order valence-corrected chi connectivity index (χ1v) is 5.26. The molecule has 0 radical (unpaired) electrons. The maximum atomic E-state index is 13.3. The standard InChI is InChI=1S/C12H14FN3/c13-11-4-2-1-3-9(11)5-6-10-8-15-12(7-14)16-10/h1-4,8H,5-7,14H2,(H,15,16). The molecule has 0 spiro atoms. The highest BCUT2D eigenvalue weighted by atomic mass is 19.1. The number of H-pyrrole nitrogens is 1. The van der Waals surface area contributed by atoms with Gasteiger partial charge in [-0.05, 0) is 24.5 Å². The number of nitrogens with zero attached hydrogens (tertiary/aromatic N) is 1. The van der Waals surface area contributed by atoms with Crippen LogP contribution in [-0.2, 0) is 19.4 Å². The zero-order chi connectivity index (χ0) is 11.4. The van der Waals surface area contributed by atoms with Gasteiger partial charge in [0.15, 0.2) is 0 Å². The Morgan fingerprint density at radius 1 is 1.25 bits per heavy atom. The van der Waals surface area contributed by atoms with Crippen LogP contribution < -0.4 is 5.73 Å². The highest BCUT2D eigenvalue weighted by Crippen LogP contribution is 2.10. The van der Waals surface area contributed by atoms with Gasteiger partial charge in [0.2, 0.25) is 0 Å². The van der Waals surface area contributed by atoms with Gasteiger partial charge in [-0.15, -0.1) is 0 Å². The fraction of sp³-hybridized carbons (Fsp3) is 0.250. The molecule has 0 fully saturated rings. The van der Waals surface area contributed by atoms with E-state index in [1.54, 1.807) is 18.3 Å². The van der Waals surface area contributed by atoms with E-state index in [0.29, 0.717) is 13.0 Å². The lowest BCUT2D eigenvalue weighted by molar-refractivity contribution is 0.608. The van der Waals surface area contributed by atoms with Crippen LogP contribution in [0.5, 0.6) is 0 Å². The van der Waals surface area contributed by atoms with E-state index in [-0.39, 0.29) is 5.82 Å². The highest BCUT2D eigenvalue weighted by molar-refractivity contribution is 5.18. The van der Waals surface area contributed by atoms with Crippen LogP contribution in [0, 0.1) is 5.82 Å². The van der Waals surface area contributed by atoms with Crippen LogP contribution in [0.1, 0.15) is 17.1 Å². The fourth-order valence-electron chi connectivity index (χ4n) is 1.61. The molecule has 2 aromatic rings. The van der Waals surface area contributed by atoms with Crippen molar-refractivity contribution in [1.29, 1.82) is 0 Å². The number of nitrogens with one attached hydrogen (secondary N) is 1. The fourth-order valence-corrected chi connectivity index (χ4v) is 1.61. The third-order valence-corrected chi connectivity index (χ3v) is 2.50. The minimum Gasteiger partial charge on any atom is -0.345 e. The normalized spacial score (nSPS) is 10.6. The summed E-state index contributed by atoms with van der Waals surface area (Å²) in [6, 6.07) is 6.82. The predicted octanol–water partition coefficient (Wildman–Crippen LogP) is 1.79. The van der Waals surface area contributed by atoms with Crippen molar-refractivity contribution in [1.82, 2.24) is 9.97 Å². The lowest BCUT2D eigenvalue weighted by atomic mass is 10.1. The summed E-state index contributed by atoms with van der Waals surface area (Å²) in [6.07, 6.45) is 3.16. The number of aromatic nitrogens is 2. The molecule has 84 valence electrons. The summed E-state index contributed by atoms with van der Waals surface area (Å²) in [5.74, 6) is 0.615. The first kappa shape index (κ1) is 10.8. The van der Waals surface area contributed by atoms with Gasteiger partial charge in [-0.1, -0.05) is 18.2 Å². The maximum Gasteiger partial charge on any atom is 0.126 e. The lowest BCUT2D eigenvalue weighted by Crippen LogP contribution is -1.99. The Balaban J connectivity index is 1.99. The van der Waals surface area contributed by atoms with E-state index in [2.05, 4.69) is 9.97 Å². The van der Waals surface area contributed by atoms with Gasteiger partial charge in [0.25, 0.3) is 0 Å². The number of hydrogen-bond acceptors (Lipinski definition) is 2. The molecular formula is C12H14FN3. The molecule has 0 atom stereocenters. The molecule has 0 amide bonds. The summed E-state index contributed by atoms with van der Waals surface area (Å²) in [5.41, 5.74) is 7.16. The second kappa shape index (κ2) is 4.90. The van der Waals surface area contributed by atoms with Crippen molar-refractivity contribution in [2.75, 3.05) is 0 Å². The first-order chi connectivity index (χ1) is 7.79. The van der Waals surface area contributed by atoms with E-state index in [1.807, 2.05) is 6.07 Å². The largest absolute Gasteiger partial charge is 0.345 e. The number of halogens is 1. The molecule has 2 rings (SSSR count). The zero-order valence-corrected chi connectivity index (χ0v) is 8.91. The third kappa shape index (κ3) is 2.46. The summed E-state index contributed by atoms with van der Waals surface area (Å²) in [6.45, 7) is 0.402. The Labute approximate surface area is 93.5 Å². The SMILES string of the molecule is NCc1ncc(CCc2ccccc2F)[nH]1. The van der Waals surface area contributed by atoms with E-state index < -0.39 is 0 Å². The van der Waals surface area contributed by atoms with Crippen LogP contribution in [0.2, 0.25) is 0 Å². The van der Waals surface area contributed by atoms with Gasteiger partial charge in [0.1, 0.15) is 11.6 Å². The number of nitrogens with two attached hydrogens (primary N) is 1. The summed E-state index contributed by atoms with van der Waals surface area (Å²) in [5, 5.41) is 0. The quantitative estimate of drug-likeness (QED) is 0.823. The summed E-state index contributed by atoms with van der Waals surface area (Å²) in [4.78, 5) is 7.19. The number of hydrogen-bond donors (Lipinski definition) is 2. The predicted molar refractivity (Wildman–Crippen MR) is 60.3 cm³/mol. The molecule has 1 aromatic carbocycles. The van der Waals surface area contributed by atoms with Gasteiger partial charge >= 0.3 is 0 Å². The van der Waals surface area contributed by atoms with E-state index in [4.69, 9.17) is 5.73 Å². The number of rotatable bonds is 4. The van der Waals surface area contributed by atoms with Crippen molar-refractivity contribution in [2.45, 2.75) is 19.4 Å². The van der Waals surface area contributed by atoms with Crippen LogP contribution in [0.25, 0.3) is 0 Å². The molecule has 16 heavy (non-hydrogen) atoms. The average Bonchev–Trinajstić information content (AvgIpc) is 2.76. The smallest absolute Gasteiger partial charge is 0.126 e. The van der Waals surface area contributed by atoms with Crippen LogP contribution in [0.3, 0.4) is 0 Å². The van der Waals surface area contributed by atoms with Crippen molar-refractivity contribution in [3.05, 3.63) is 53.4 Å². The molecule has 4 heteroatoms. The Morgan fingerprint density at radius 2 is 2.06 bits per heavy atom. The van der Waals surface area contributed by atoms with Gasteiger partial charge in [0.05, 0.1) is 6.54 Å². The van der Waals surface area contributed by atoms with Crippen molar-refractivity contribution in [2.24, 2.45) is 5.73 Å². The van der Waals surface area contributed by atoms with Crippen molar-refractivity contribution < 1.29 is 4.39 Å². The molecule has 0 saturated heterocycles. The van der Waals surface area contributed by atoms with Crippen LogP contribution >= 0.6 is 0 Å². The van der Waals surface area contributed by atoms with Crippen molar-refractivity contribution in [3.63, 3.8) is 0 Å². The molecule has 0 aliphatic carbocycles. The monoisotopic (exact) mass is 219 g/mol. The number of aromatic amines is 1. The molecule has 0 bridgehead atoms. The second-order valence-electron chi connectivity index (χ2n) is 3.65. The summed E-state index contributed by atoms with van der Waals surface area (Å²) in [7, 11) is 0. The Morgan fingerprint density at radius 3 is 2.75 bits per heavy atom. The zero-order valence-electron chi connectivity index (χ0n) is 8.91. The van der Waals surface area contributed by atoms with E-state index in [0.717, 1.165) is 23.5 Å². The maximum absolute atomic E-state index is 13.3. The molecule has 0 aliphatic heterocycles. The van der Waals surface area contributed by atoms with E-state index in [9.17, 15) is 4.39 Å². The molecular weight excluding hydrogens is 205 g/mol. The van der Waals surface area contributed by atoms with Gasteiger partial charge in [0, 0.05) is 11.9 Å². The summed E-state index contributed by atoms with van der Waals surface area (Å²) < 4.78 is 13.3. The molecule has 3 nitrogen and oxygen atoms in total. The van der Waals surface area contributed by atoms with Crippen LogP contribution in [0.15, 0.2) is 30.5 Å². The molecule has 1 aromatic heterocycles. The van der Waals surface area contributed by atoms with Crippen molar-refractivity contribution >= 4 is 0 Å². The minimum absolute atomic E-state index is 0.152. The molecule has 3 N–H and O–H groups in total. The van der Waals surface area contributed by atoms with Gasteiger partial charge < -0.3 is 10.7 Å². The summed E-state index contributed by atoms with van der Waals surface area (Å²) >= 11 is 0. The third-order valence-electron chi connectivity index (χ3n) is 2.50. The van der Waals surface area contributed by atoms with Crippen LogP contribution in [-0.4, -0.2) is 9.97 Å². The average molecular weight is 219 g/mol. The van der Waals surface area contributed by atoms with Gasteiger partial charge in [-0.2, -0.15) is 0 Å². The Kier molecular flexibility index (Phi) is 3.31. The Hall–Kier alpha value is -1.68. The topological polar surface area (TPSA) is 54.7 Å². The van der Waals surface area contributed by atoms with Gasteiger partial charge in [-0.3, -0.25) is 0 Å². The van der Waals surface area contributed by atoms with Gasteiger partial charge in [-0.25, -0.2) is 9.37 Å². The second-order valence-corrected chi connectivity index (χ2v) is 3.65.